The highest BCUT2D eigenvalue weighted by atomic mass is 16.5. The minimum absolute atomic E-state index is 0.0333. The molecule has 2 rings (SSSR count). The van der Waals surface area contributed by atoms with E-state index in [4.69, 9.17) is 4.74 Å². The summed E-state index contributed by atoms with van der Waals surface area (Å²) in [7, 11) is 1.66. The SMILES string of the molecule is CC(=O)N(C)CC(=O)N1CC(C)(C)O[C@@H]2CCC[C@H]21. The third kappa shape index (κ3) is 3.08. The molecule has 1 heterocycles. The van der Waals surface area contributed by atoms with Gasteiger partial charge in [-0.1, -0.05) is 0 Å². The first-order valence-corrected chi connectivity index (χ1v) is 6.99. The third-order valence-corrected chi connectivity index (χ3v) is 4.07. The molecule has 2 fully saturated rings. The lowest BCUT2D eigenvalue weighted by Crippen LogP contribution is -2.60. The fraction of sp³-hybridized carbons (Fsp3) is 0.857. The van der Waals surface area contributed by atoms with E-state index in [9.17, 15) is 9.59 Å². The number of morpholine rings is 1. The summed E-state index contributed by atoms with van der Waals surface area (Å²) >= 11 is 0. The van der Waals surface area contributed by atoms with Crippen LogP contribution in [-0.2, 0) is 14.3 Å². The highest BCUT2D eigenvalue weighted by Crippen LogP contribution is 2.35. The second-order valence-electron chi connectivity index (χ2n) is 6.31. The molecule has 0 spiro atoms. The molecular formula is C14H24N2O3. The average molecular weight is 268 g/mol. The lowest BCUT2D eigenvalue weighted by Gasteiger charge is -2.46. The van der Waals surface area contributed by atoms with Gasteiger partial charge in [-0.3, -0.25) is 9.59 Å². The van der Waals surface area contributed by atoms with Crippen LogP contribution in [0.5, 0.6) is 0 Å². The zero-order valence-corrected chi connectivity index (χ0v) is 12.3. The zero-order valence-electron chi connectivity index (χ0n) is 12.3. The van der Waals surface area contributed by atoms with Gasteiger partial charge in [0, 0.05) is 20.5 Å². The minimum atomic E-state index is -0.296. The van der Waals surface area contributed by atoms with Crippen LogP contribution in [0, 0.1) is 0 Å². The number of carbonyl (C=O) groups excluding carboxylic acids is 2. The van der Waals surface area contributed by atoms with E-state index in [1.165, 1.54) is 11.8 Å². The van der Waals surface area contributed by atoms with E-state index in [-0.39, 0.29) is 36.1 Å². The molecule has 0 aromatic rings. The van der Waals surface area contributed by atoms with Gasteiger partial charge in [0.15, 0.2) is 0 Å². The van der Waals surface area contributed by atoms with Gasteiger partial charge in [-0.15, -0.1) is 0 Å². The van der Waals surface area contributed by atoms with Crippen LogP contribution in [0.3, 0.4) is 0 Å². The number of fused-ring (bicyclic) bond motifs is 1. The summed E-state index contributed by atoms with van der Waals surface area (Å²) in [5.74, 6) is -0.0465. The number of nitrogens with zero attached hydrogens (tertiary/aromatic N) is 2. The first-order valence-electron chi connectivity index (χ1n) is 6.99. The molecule has 1 aliphatic heterocycles. The van der Waals surface area contributed by atoms with Crippen LogP contribution in [0.2, 0.25) is 0 Å². The summed E-state index contributed by atoms with van der Waals surface area (Å²) < 4.78 is 6.06. The van der Waals surface area contributed by atoms with Crippen molar-refractivity contribution >= 4 is 11.8 Å². The van der Waals surface area contributed by atoms with Crippen molar-refractivity contribution in [1.29, 1.82) is 0 Å². The Morgan fingerprint density at radius 3 is 2.68 bits per heavy atom. The standard InChI is InChI=1S/C14H24N2O3/c1-10(17)15(4)8-13(18)16-9-14(2,3)19-12-7-5-6-11(12)16/h11-12H,5-9H2,1-4H3/t11-,12-/m1/s1. The molecule has 19 heavy (non-hydrogen) atoms. The Hall–Kier alpha value is -1.10. The van der Waals surface area contributed by atoms with Crippen molar-refractivity contribution in [3.63, 3.8) is 0 Å². The molecule has 108 valence electrons. The van der Waals surface area contributed by atoms with Gasteiger partial charge in [-0.2, -0.15) is 0 Å². The summed E-state index contributed by atoms with van der Waals surface area (Å²) in [5, 5.41) is 0. The van der Waals surface area contributed by atoms with Gasteiger partial charge in [0.2, 0.25) is 11.8 Å². The summed E-state index contributed by atoms with van der Waals surface area (Å²) in [4.78, 5) is 27.1. The smallest absolute Gasteiger partial charge is 0.242 e. The van der Waals surface area contributed by atoms with Crippen molar-refractivity contribution in [1.82, 2.24) is 9.80 Å². The molecule has 5 nitrogen and oxygen atoms in total. The molecule has 0 bridgehead atoms. The van der Waals surface area contributed by atoms with Gasteiger partial charge < -0.3 is 14.5 Å². The molecule has 1 aliphatic carbocycles. The van der Waals surface area contributed by atoms with Crippen LogP contribution < -0.4 is 0 Å². The Morgan fingerprint density at radius 2 is 2.05 bits per heavy atom. The van der Waals surface area contributed by atoms with Crippen LogP contribution in [0.25, 0.3) is 0 Å². The number of amides is 2. The molecule has 2 atom stereocenters. The number of rotatable bonds is 2. The number of ether oxygens (including phenoxy) is 1. The van der Waals surface area contributed by atoms with E-state index in [0.29, 0.717) is 6.54 Å². The highest BCUT2D eigenvalue weighted by Gasteiger charge is 2.44. The minimum Gasteiger partial charge on any atom is -0.368 e. The predicted molar refractivity (Wildman–Crippen MR) is 71.6 cm³/mol. The van der Waals surface area contributed by atoms with E-state index in [2.05, 4.69) is 0 Å². The molecule has 0 aromatic carbocycles. The summed E-state index contributed by atoms with van der Waals surface area (Å²) in [6, 6.07) is 0.195. The average Bonchev–Trinajstić information content (AvgIpc) is 2.73. The lowest BCUT2D eigenvalue weighted by molar-refractivity contribution is -0.173. The molecule has 0 radical (unpaired) electrons. The Labute approximate surface area is 114 Å². The Balaban J connectivity index is 2.08. The second-order valence-corrected chi connectivity index (χ2v) is 6.31. The van der Waals surface area contributed by atoms with E-state index >= 15 is 0 Å². The molecule has 2 aliphatic rings. The van der Waals surface area contributed by atoms with Crippen molar-refractivity contribution in [2.75, 3.05) is 20.1 Å². The fourth-order valence-electron chi connectivity index (χ4n) is 3.05. The molecule has 0 N–H and O–H groups in total. The molecule has 1 saturated heterocycles. The van der Waals surface area contributed by atoms with E-state index < -0.39 is 0 Å². The van der Waals surface area contributed by atoms with Crippen molar-refractivity contribution in [3.8, 4) is 0 Å². The second kappa shape index (κ2) is 5.12. The summed E-state index contributed by atoms with van der Waals surface area (Å²) in [6.45, 7) is 6.30. The molecule has 1 saturated carbocycles. The summed E-state index contributed by atoms with van der Waals surface area (Å²) in [5.41, 5.74) is -0.296. The van der Waals surface area contributed by atoms with Gasteiger partial charge in [0.1, 0.15) is 0 Å². The maximum absolute atomic E-state index is 12.4. The maximum Gasteiger partial charge on any atom is 0.242 e. The predicted octanol–water partition coefficient (Wildman–Crippen LogP) is 1.02. The number of carbonyl (C=O) groups is 2. The summed E-state index contributed by atoms with van der Waals surface area (Å²) in [6.07, 6.45) is 3.31. The molecule has 5 heteroatoms. The van der Waals surface area contributed by atoms with Crippen molar-refractivity contribution < 1.29 is 14.3 Å². The Kier molecular flexibility index (Phi) is 3.85. The van der Waals surface area contributed by atoms with Gasteiger partial charge in [0.25, 0.3) is 0 Å². The largest absolute Gasteiger partial charge is 0.368 e. The molecule has 2 amide bonds. The topological polar surface area (TPSA) is 49.9 Å². The zero-order chi connectivity index (χ0) is 14.2. The van der Waals surface area contributed by atoms with Gasteiger partial charge in [-0.05, 0) is 33.1 Å². The highest BCUT2D eigenvalue weighted by molar-refractivity contribution is 5.84. The Morgan fingerprint density at radius 1 is 1.37 bits per heavy atom. The fourth-order valence-corrected chi connectivity index (χ4v) is 3.05. The number of likely N-dealkylation sites (N-methyl/N-ethyl adjacent to an activating group) is 1. The van der Waals surface area contributed by atoms with E-state index in [0.717, 1.165) is 19.3 Å². The molecule has 0 aromatic heterocycles. The number of hydrogen-bond donors (Lipinski definition) is 0. The first-order chi connectivity index (χ1) is 8.80. The van der Waals surface area contributed by atoms with Crippen LogP contribution in [0.1, 0.15) is 40.0 Å². The van der Waals surface area contributed by atoms with Gasteiger partial charge in [0.05, 0.1) is 24.3 Å². The normalized spacial score (nSPS) is 28.9. The van der Waals surface area contributed by atoms with Crippen LogP contribution in [0.4, 0.5) is 0 Å². The van der Waals surface area contributed by atoms with Crippen LogP contribution in [-0.4, -0.2) is 59.5 Å². The van der Waals surface area contributed by atoms with Gasteiger partial charge >= 0.3 is 0 Å². The third-order valence-electron chi connectivity index (χ3n) is 4.07. The first kappa shape index (κ1) is 14.3. The van der Waals surface area contributed by atoms with Crippen LogP contribution in [0.15, 0.2) is 0 Å². The Bertz CT molecular complexity index is 381. The monoisotopic (exact) mass is 268 g/mol. The van der Waals surface area contributed by atoms with E-state index in [1.807, 2.05) is 18.7 Å². The van der Waals surface area contributed by atoms with E-state index in [1.54, 1.807) is 7.05 Å². The van der Waals surface area contributed by atoms with Crippen molar-refractivity contribution in [2.24, 2.45) is 0 Å². The quantitative estimate of drug-likeness (QED) is 0.751. The van der Waals surface area contributed by atoms with Gasteiger partial charge in [-0.25, -0.2) is 0 Å². The van der Waals surface area contributed by atoms with Crippen molar-refractivity contribution in [3.05, 3.63) is 0 Å². The maximum atomic E-state index is 12.4. The van der Waals surface area contributed by atoms with Crippen molar-refractivity contribution in [2.45, 2.75) is 57.8 Å². The lowest BCUT2D eigenvalue weighted by atomic mass is 10.0. The number of hydrogen-bond acceptors (Lipinski definition) is 3. The molecular weight excluding hydrogens is 244 g/mol. The molecule has 0 unspecified atom stereocenters. The van der Waals surface area contributed by atoms with Crippen LogP contribution >= 0.6 is 0 Å².